The van der Waals surface area contributed by atoms with Gasteiger partial charge in [-0.1, -0.05) is 0 Å². The monoisotopic (exact) mass is 330 g/mol. The Morgan fingerprint density at radius 1 is 1.05 bits per heavy atom. The van der Waals surface area contributed by atoms with Crippen LogP contribution in [0.4, 0.5) is 22.0 Å². The molecule has 0 amide bonds. The van der Waals surface area contributed by atoms with Crippen molar-refractivity contribution < 1.29 is 44.0 Å². The van der Waals surface area contributed by atoms with E-state index in [9.17, 15) is 30.4 Å². The molecule has 0 aliphatic heterocycles. The quantitative estimate of drug-likeness (QED) is 0.225. The Bertz CT molecular complexity index is 402. The van der Waals surface area contributed by atoms with Gasteiger partial charge >= 0.3 is 15.6 Å². The average molecular weight is 330 g/mol. The maximum atomic E-state index is 13.5. The molecule has 0 N–H and O–H groups in total. The lowest BCUT2D eigenvalue weighted by Crippen LogP contribution is -2.53. The normalized spacial score (nSPS) is 17.0. The Labute approximate surface area is 113 Å². The molecule has 0 bridgehead atoms. The number of rotatable bonds is 8. The third-order valence-corrected chi connectivity index (χ3v) is 3.44. The Morgan fingerprint density at radius 2 is 1.55 bits per heavy atom. The fourth-order valence-electron chi connectivity index (χ4n) is 1.32. The van der Waals surface area contributed by atoms with Gasteiger partial charge in [-0.05, 0) is 6.42 Å². The van der Waals surface area contributed by atoms with Crippen molar-refractivity contribution in [1.82, 2.24) is 0 Å². The molecule has 0 radical (unpaired) electrons. The van der Waals surface area contributed by atoms with Crippen molar-refractivity contribution in [3.63, 3.8) is 0 Å². The van der Waals surface area contributed by atoms with Gasteiger partial charge in [0, 0.05) is 34.2 Å². The second kappa shape index (κ2) is 6.50. The van der Waals surface area contributed by atoms with Crippen molar-refractivity contribution >= 4 is 10.1 Å². The summed E-state index contributed by atoms with van der Waals surface area (Å²) in [6.45, 7) is 0.117. The summed E-state index contributed by atoms with van der Waals surface area (Å²) in [5.74, 6) is -7.24. The van der Waals surface area contributed by atoms with E-state index in [1.54, 1.807) is 0 Å². The molecule has 11 heteroatoms. The van der Waals surface area contributed by atoms with Crippen LogP contribution in [0.15, 0.2) is 0 Å². The molecule has 122 valence electrons. The fraction of sp³-hybridized carbons (Fsp3) is 1.00. The van der Waals surface area contributed by atoms with E-state index in [1.807, 2.05) is 0 Å². The minimum absolute atomic E-state index is 0.0867. The molecule has 0 spiro atoms. The summed E-state index contributed by atoms with van der Waals surface area (Å²) in [6.07, 6.45) is -1.00. The second-order valence-corrected chi connectivity index (χ2v) is 5.46. The first-order valence-corrected chi connectivity index (χ1v) is 6.67. The van der Waals surface area contributed by atoms with E-state index in [-0.39, 0.29) is 20.0 Å². The third kappa shape index (κ3) is 4.50. The smallest absolute Gasteiger partial charge is 0.385 e. The van der Waals surface area contributed by atoms with Gasteiger partial charge in [-0.3, -0.25) is 0 Å². The molecule has 0 aliphatic carbocycles. The van der Waals surface area contributed by atoms with Crippen molar-refractivity contribution in [3.05, 3.63) is 0 Å². The lowest BCUT2D eigenvalue weighted by atomic mass is 10.0. The highest BCUT2D eigenvalue weighted by Crippen LogP contribution is 2.40. The number of hydrogen-bond donors (Lipinski definition) is 0. The predicted octanol–water partition coefficient (Wildman–Crippen LogP) is 2.28. The molecule has 1 unspecified atom stereocenters. The summed E-state index contributed by atoms with van der Waals surface area (Å²) in [5, 5.41) is 0. The summed E-state index contributed by atoms with van der Waals surface area (Å²) < 4.78 is 98.0. The van der Waals surface area contributed by atoms with Crippen molar-refractivity contribution in [1.29, 1.82) is 0 Å². The molecule has 0 aromatic rings. The third-order valence-electron chi connectivity index (χ3n) is 2.38. The van der Waals surface area contributed by atoms with Crippen LogP contribution >= 0.6 is 0 Å². The molecule has 1 atom stereocenters. The SMILES string of the molecule is COCCCC(OC)(OS(=O)(=O)C(F)(F)F)C(C)(F)F. The molecule has 0 heterocycles. The maximum Gasteiger partial charge on any atom is 0.523 e. The zero-order valence-corrected chi connectivity index (χ0v) is 11.8. The highest BCUT2D eigenvalue weighted by Gasteiger charge is 2.60. The van der Waals surface area contributed by atoms with Crippen LogP contribution in [-0.4, -0.2) is 46.5 Å². The molecular weight excluding hydrogens is 315 g/mol. The van der Waals surface area contributed by atoms with E-state index in [0.717, 1.165) is 0 Å². The predicted molar refractivity (Wildman–Crippen MR) is 57.5 cm³/mol. The van der Waals surface area contributed by atoms with Gasteiger partial charge in [-0.2, -0.15) is 21.6 Å². The van der Waals surface area contributed by atoms with Crippen LogP contribution in [-0.2, 0) is 23.8 Å². The first-order valence-electron chi connectivity index (χ1n) is 5.27. The molecule has 0 saturated carbocycles. The molecule has 0 aromatic heterocycles. The molecule has 0 saturated heterocycles. The van der Waals surface area contributed by atoms with Crippen LogP contribution < -0.4 is 0 Å². The average Bonchev–Trinajstić information content (AvgIpc) is 2.24. The Morgan fingerprint density at radius 3 is 1.85 bits per heavy atom. The lowest BCUT2D eigenvalue weighted by Gasteiger charge is -2.36. The van der Waals surface area contributed by atoms with E-state index in [0.29, 0.717) is 7.11 Å². The standard InChI is InChI=1S/C9H15F5O5S/c1-7(10,11)8(18-3,5-4-6-17-2)19-20(15,16)9(12,13)14/h4-6H2,1-3H3. The van der Waals surface area contributed by atoms with Gasteiger partial charge in [0.1, 0.15) is 0 Å². The summed E-state index contributed by atoms with van der Waals surface area (Å²) in [7, 11) is -4.36. The van der Waals surface area contributed by atoms with Crippen molar-refractivity contribution in [2.45, 2.75) is 37.0 Å². The number of halogens is 5. The van der Waals surface area contributed by atoms with Gasteiger partial charge in [0.2, 0.25) is 5.79 Å². The van der Waals surface area contributed by atoms with E-state index < -0.39 is 33.8 Å². The van der Waals surface area contributed by atoms with Gasteiger partial charge < -0.3 is 9.47 Å². The molecule has 0 aliphatic rings. The molecule has 5 nitrogen and oxygen atoms in total. The van der Waals surface area contributed by atoms with Crippen molar-refractivity contribution in [2.24, 2.45) is 0 Å². The summed E-state index contributed by atoms with van der Waals surface area (Å²) in [4.78, 5) is 0. The zero-order valence-electron chi connectivity index (χ0n) is 11.0. The highest BCUT2D eigenvalue weighted by molar-refractivity contribution is 7.87. The fourth-order valence-corrected chi connectivity index (χ4v) is 2.07. The van der Waals surface area contributed by atoms with Gasteiger partial charge in [-0.25, -0.2) is 13.0 Å². The molecular formula is C9H15F5O5S. The van der Waals surface area contributed by atoms with Gasteiger partial charge in [0.25, 0.3) is 5.92 Å². The number of methoxy groups -OCH3 is 2. The van der Waals surface area contributed by atoms with Crippen LogP contribution in [0.25, 0.3) is 0 Å². The first kappa shape index (κ1) is 19.5. The van der Waals surface area contributed by atoms with Crippen LogP contribution in [0, 0.1) is 0 Å². The molecule has 0 fully saturated rings. The van der Waals surface area contributed by atoms with E-state index in [4.69, 9.17) is 0 Å². The van der Waals surface area contributed by atoms with Crippen LogP contribution in [0.3, 0.4) is 0 Å². The van der Waals surface area contributed by atoms with Crippen molar-refractivity contribution in [3.8, 4) is 0 Å². The zero-order chi connectivity index (χ0) is 16.2. The lowest BCUT2D eigenvalue weighted by molar-refractivity contribution is -0.290. The van der Waals surface area contributed by atoms with E-state index in [1.165, 1.54) is 7.11 Å². The number of ether oxygens (including phenoxy) is 2. The van der Waals surface area contributed by atoms with Crippen LogP contribution in [0.1, 0.15) is 19.8 Å². The molecule has 20 heavy (non-hydrogen) atoms. The number of alkyl halides is 5. The Hall–Kier alpha value is -0.520. The van der Waals surface area contributed by atoms with E-state index >= 15 is 0 Å². The van der Waals surface area contributed by atoms with Gasteiger partial charge in [-0.15, -0.1) is 0 Å². The minimum Gasteiger partial charge on any atom is -0.385 e. The van der Waals surface area contributed by atoms with Crippen LogP contribution in [0.2, 0.25) is 0 Å². The Kier molecular flexibility index (Phi) is 6.33. The largest absolute Gasteiger partial charge is 0.523 e. The summed E-state index contributed by atoms with van der Waals surface area (Å²) >= 11 is 0. The van der Waals surface area contributed by atoms with E-state index in [2.05, 4.69) is 13.7 Å². The highest BCUT2D eigenvalue weighted by atomic mass is 32.2. The van der Waals surface area contributed by atoms with Crippen LogP contribution in [0.5, 0.6) is 0 Å². The summed E-state index contributed by atoms with van der Waals surface area (Å²) in [6, 6.07) is 0. The number of hydrogen-bond acceptors (Lipinski definition) is 5. The molecule has 0 rings (SSSR count). The molecule has 0 aromatic carbocycles. The second-order valence-electron chi connectivity index (χ2n) is 3.92. The Balaban J connectivity index is 5.44. The first-order chi connectivity index (χ1) is 8.83. The van der Waals surface area contributed by atoms with Gasteiger partial charge in [0.05, 0.1) is 0 Å². The topological polar surface area (TPSA) is 61.8 Å². The summed E-state index contributed by atoms with van der Waals surface area (Å²) in [5.41, 5.74) is -5.83. The van der Waals surface area contributed by atoms with Crippen molar-refractivity contribution in [2.75, 3.05) is 20.8 Å². The minimum atomic E-state index is -6.23. The van der Waals surface area contributed by atoms with Gasteiger partial charge in [0.15, 0.2) is 0 Å². The maximum absolute atomic E-state index is 13.5.